The van der Waals surface area contributed by atoms with E-state index in [1.165, 1.54) is 12.1 Å². The third-order valence-corrected chi connectivity index (χ3v) is 6.72. The van der Waals surface area contributed by atoms with Crippen molar-refractivity contribution in [2.45, 2.75) is 12.8 Å². The highest BCUT2D eigenvalue weighted by atomic mass is 16.6. The lowest BCUT2D eigenvalue weighted by Crippen LogP contribution is -2.34. The Morgan fingerprint density at radius 3 is 1.20 bits per heavy atom. The molecule has 1 saturated heterocycles. The van der Waals surface area contributed by atoms with Gasteiger partial charge in [0.2, 0.25) is 0 Å². The molecule has 2 aromatic carbocycles. The maximum Gasteiger partial charge on any atom is 0.272 e. The molecule has 1 aliphatic heterocycles. The average Bonchev–Trinajstić information content (AvgIpc) is 2.96. The summed E-state index contributed by atoms with van der Waals surface area (Å²) in [6, 6.07) is 13.7. The van der Waals surface area contributed by atoms with Crippen molar-refractivity contribution < 1.29 is 28.8 Å². The van der Waals surface area contributed by atoms with Crippen LogP contribution in [0.5, 0.6) is 0 Å². The standard InChI is InChI=1S/C28H40N4O8/c33-31(34)27-7-3-1-5-25(27)9-11-29-13-17-37-21-23-39-19-15-30(16-20-40-24-22-38-18-14-29)12-10-26-6-2-4-8-28(26)32(35)36/h1-8H,9-24H2. The fourth-order valence-corrected chi connectivity index (χ4v) is 4.45. The van der Waals surface area contributed by atoms with Crippen LogP contribution in [0.25, 0.3) is 0 Å². The molecule has 3 rings (SSSR count). The molecule has 40 heavy (non-hydrogen) atoms. The van der Waals surface area contributed by atoms with Gasteiger partial charge in [0.1, 0.15) is 0 Å². The van der Waals surface area contributed by atoms with Crippen molar-refractivity contribution in [1.82, 2.24) is 9.80 Å². The first-order valence-electron chi connectivity index (χ1n) is 13.7. The fourth-order valence-electron chi connectivity index (χ4n) is 4.45. The smallest absolute Gasteiger partial charge is 0.272 e. The molecule has 12 heteroatoms. The number of nitro benzene ring substituents is 2. The summed E-state index contributed by atoms with van der Waals surface area (Å²) in [7, 11) is 0. The number of nitro groups is 2. The van der Waals surface area contributed by atoms with Gasteiger partial charge in [-0.3, -0.25) is 30.0 Å². The van der Waals surface area contributed by atoms with Gasteiger partial charge in [0.25, 0.3) is 11.4 Å². The summed E-state index contributed by atoms with van der Waals surface area (Å²) < 4.78 is 23.1. The lowest BCUT2D eigenvalue weighted by molar-refractivity contribution is -0.385. The van der Waals surface area contributed by atoms with Crippen LogP contribution in [0.1, 0.15) is 11.1 Å². The van der Waals surface area contributed by atoms with Crippen molar-refractivity contribution in [2.75, 3.05) is 92.1 Å². The molecule has 220 valence electrons. The molecule has 0 unspecified atom stereocenters. The second-order valence-corrected chi connectivity index (χ2v) is 9.40. The molecule has 0 aliphatic carbocycles. The molecular formula is C28H40N4O8. The highest BCUT2D eigenvalue weighted by molar-refractivity contribution is 5.40. The Morgan fingerprint density at radius 1 is 0.550 bits per heavy atom. The fraction of sp³-hybridized carbons (Fsp3) is 0.571. The van der Waals surface area contributed by atoms with Gasteiger partial charge in [0.05, 0.1) is 62.7 Å². The van der Waals surface area contributed by atoms with Crippen molar-refractivity contribution in [3.63, 3.8) is 0 Å². The lowest BCUT2D eigenvalue weighted by Gasteiger charge is -2.23. The molecule has 1 fully saturated rings. The van der Waals surface area contributed by atoms with Crippen LogP contribution in [0, 0.1) is 20.2 Å². The van der Waals surface area contributed by atoms with E-state index < -0.39 is 0 Å². The summed E-state index contributed by atoms with van der Waals surface area (Å²) in [5.41, 5.74) is 1.72. The molecule has 0 bridgehead atoms. The number of ether oxygens (including phenoxy) is 4. The van der Waals surface area contributed by atoms with E-state index in [0.717, 1.165) is 0 Å². The van der Waals surface area contributed by atoms with Crippen LogP contribution < -0.4 is 0 Å². The number of rotatable bonds is 8. The van der Waals surface area contributed by atoms with E-state index >= 15 is 0 Å². The molecule has 0 radical (unpaired) electrons. The highest BCUT2D eigenvalue weighted by Crippen LogP contribution is 2.19. The third-order valence-electron chi connectivity index (χ3n) is 6.72. The molecule has 0 spiro atoms. The summed E-state index contributed by atoms with van der Waals surface area (Å²) in [4.78, 5) is 26.4. The molecule has 1 heterocycles. The molecule has 2 aromatic rings. The van der Waals surface area contributed by atoms with Crippen LogP contribution in [0.3, 0.4) is 0 Å². The normalized spacial score (nSPS) is 18.0. The van der Waals surface area contributed by atoms with Crippen molar-refractivity contribution in [3.05, 3.63) is 79.9 Å². The van der Waals surface area contributed by atoms with Gasteiger partial charge in [0.15, 0.2) is 0 Å². The van der Waals surface area contributed by atoms with Gasteiger partial charge in [0, 0.05) is 62.5 Å². The first-order valence-corrected chi connectivity index (χ1v) is 13.7. The summed E-state index contributed by atoms with van der Waals surface area (Å²) >= 11 is 0. The van der Waals surface area contributed by atoms with Crippen LogP contribution in [-0.4, -0.2) is 112 Å². The summed E-state index contributed by atoms with van der Waals surface area (Å²) in [5, 5.41) is 22.7. The molecule has 1 aliphatic rings. The van der Waals surface area contributed by atoms with E-state index in [0.29, 0.717) is 116 Å². The monoisotopic (exact) mass is 560 g/mol. The molecule has 0 N–H and O–H groups in total. The lowest BCUT2D eigenvalue weighted by atomic mass is 10.1. The van der Waals surface area contributed by atoms with E-state index in [9.17, 15) is 20.2 Å². The molecule has 0 amide bonds. The van der Waals surface area contributed by atoms with Gasteiger partial charge in [-0.1, -0.05) is 36.4 Å². The maximum absolute atomic E-state index is 11.3. The van der Waals surface area contributed by atoms with Crippen molar-refractivity contribution >= 4 is 11.4 Å². The number of benzene rings is 2. The minimum atomic E-state index is -0.338. The summed E-state index contributed by atoms with van der Waals surface area (Å²) in [6.07, 6.45) is 1.13. The van der Waals surface area contributed by atoms with Crippen LogP contribution in [0.4, 0.5) is 11.4 Å². The topological polar surface area (TPSA) is 130 Å². The molecular weight excluding hydrogens is 520 g/mol. The number of nitrogens with zero attached hydrogens (tertiary/aromatic N) is 4. The van der Waals surface area contributed by atoms with Crippen LogP contribution in [0.2, 0.25) is 0 Å². The van der Waals surface area contributed by atoms with E-state index in [1.807, 2.05) is 12.1 Å². The van der Waals surface area contributed by atoms with Crippen molar-refractivity contribution in [1.29, 1.82) is 0 Å². The first kappa shape index (κ1) is 31.5. The van der Waals surface area contributed by atoms with Gasteiger partial charge in [-0.15, -0.1) is 0 Å². The van der Waals surface area contributed by atoms with Crippen molar-refractivity contribution in [3.8, 4) is 0 Å². The summed E-state index contributed by atoms with van der Waals surface area (Å²) in [6.45, 7) is 7.98. The van der Waals surface area contributed by atoms with E-state index in [-0.39, 0.29) is 21.2 Å². The van der Waals surface area contributed by atoms with E-state index in [2.05, 4.69) is 9.80 Å². The highest BCUT2D eigenvalue weighted by Gasteiger charge is 2.15. The van der Waals surface area contributed by atoms with Gasteiger partial charge in [-0.05, 0) is 12.8 Å². The second-order valence-electron chi connectivity index (χ2n) is 9.40. The van der Waals surface area contributed by atoms with Gasteiger partial charge in [-0.2, -0.15) is 0 Å². The van der Waals surface area contributed by atoms with Gasteiger partial charge >= 0.3 is 0 Å². The number of para-hydroxylation sites is 2. The average molecular weight is 561 g/mol. The van der Waals surface area contributed by atoms with E-state index in [1.54, 1.807) is 24.3 Å². The van der Waals surface area contributed by atoms with Crippen molar-refractivity contribution in [2.24, 2.45) is 0 Å². The zero-order valence-electron chi connectivity index (χ0n) is 23.0. The Hall–Kier alpha value is -3.00. The van der Waals surface area contributed by atoms with Crippen LogP contribution in [-0.2, 0) is 31.8 Å². The van der Waals surface area contributed by atoms with E-state index in [4.69, 9.17) is 18.9 Å². The quantitative estimate of drug-likeness (QED) is 0.351. The zero-order chi connectivity index (χ0) is 28.4. The number of hydrogen-bond donors (Lipinski definition) is 0. The third kappa shape index (κ3) is 11.6. The molecule has 0 atom stereocenters. The number of hydrogen-bond acceptors (Lipinski definition) is 10. The largest absolute Gasteiger partial charge is 0.378 e. The van der Waals surface area contributed by atoms with Crippen LogP contribution in [0.15, 0.2) is 48.5 Å². The Labute approximate surface area is 235 Å². The predicted molar refractivity (Wildman–Crippen MR) is 150 cm³/mol. The van der Waals surface area contributed by atoms with Crippen LogP contribution >= 0.6 is 0 Å². The van der Waals surface area contributed by atoms with Gasteiger partial charge in [-0.25, -0.2) is 0 Å². The second kappa shape index (κ2) is 18.4. The molecule has 0 saturated carbocycles. The molecule has 12 nitrogen and oxygen atoms in total. The maximum atomic E-state index is 11.3. The predicted octanol–water partition coefficient (Wildman–Crippen LogP) is 2.97. The molecule has 0 aromatic heterocycles. The minimum Gasteiger partial charge on any atom is -0.378 e. The summed E-state index contributed by atoms with van der Waals surface area (Å²) in [5.74, 6) is 0. The SMILES string of the molecule is O=[N+]([O-])c1ccccc1CCN1CCOCCOCCN(CCc2ccccc2[N+](=O)[O-])CCOCCOCC1. The first-order chi connectivity index (χ1) is 19.5. The Kier molecular flexibility index (Phi) is 14.5. The zero-order valence-corrected chi connectivity index (χ0v) is 23.0. The minimum absolute atomic E-state index is 0.144. The Morgan fingerprint density at radius 2 is 0.875 bits per heavy atom. The Bertz CT molecular complexity index is 939. The Balaban J connectivity index is 1.45. The van der Waals surface area contributed by atoms with Gasteiger partial charge < -0.3 is 18.9 Å².